The van der Waals surface area contributed by atoms with Crippen LogP contribution in [0.15, 0.2) is 47.4 Å². The van der Waals surface area contributed by atoms with Gasteiger partial charge in [0.2, 0.25) is 0 Å². The summed E-state index contributed by atoms with van der Waals surface area (Å²) in [5, 5.41) is 11.4. The van der Waals surface area contributed by atoms with Crippen molar-refractivity contribution < 1.29 is 18.0 Å². The minimum absolute atomic E-state index is 0.0124. The highest BCUT2D eigenvalue weighted by Crippen LogP contribution is 2.23. The van der Waals surface area contributed by atoms with Gasteiger partial charge in [0.25, 0.3) is 15.9 Å². The molecule has 0 aliphatic heterocycles. The lowest BCUT2D eigenvalue weighted by molar-refractivity contribution is -0.0258. The number of carbonyl (C=O) groups excluding carboxylic acids is 1. The monoisotopic (exact) mass is 393 g/mol. The first-order valence-corrected chi connectivity index (χ1v) is 9.21. The highest BCUT2D eigenvalue weighted by molar-refractivity contribution is 7.89. The van der Waals surface area contributed by atoms with Crippen molar-refractivity contribution in [2.24, 2.45) is 0 Å². The molecule has 1 amide bonds. The van der Waals surface area contributed by atoms with Crippen LogP contribution < -0.4 is 5.32 Å². The third-order valence-corrected chi connectivity index (χ3v) is 5.58. The van der Waals surface area contributed by atoms with Crippen LogP contribution in [0.25, 0.3) is 0 Å². The largest absolute Gasteiger partial charge is 0.322 e. The number of hydrogen-bond donors (Lipinski definition) is 1. The molecule has 0 fully saturated rings. The second-order valence-electron chi connectivity index (χ2n) is 5.22. The van der Waals surface area contributed by atoms with Gasteiger partial charge in [0, 0.05) is 12.7 Å². The Labute approximate surface area is 156 Å². The summed E-state index contributed by atoms with van der Waals surface area (Å²) in [5.74, 6) is -0.555. The highest BCUT2D eigenvalue weighted by atomic mass is 35.5. The van der Waals surface area contributed by atoms with E-state index in [1.54, 1.807) is 24.3 Å². The molecule has 2 rings (SSSR count). The maximum atomic E-state index is 12.5. The summed E-state index contributed by atoms with van der Waals surface area (Å²) in [5.41, 5.74) is 1.33. The maximum Gasteiger partial charge on any atom is 0.264 e. The van der Waals surface area contributed by atoms with Gasteiger partial charge in [-0.05, 0) is 35.9 Å². The van der Waals surface area contributed by atoms with Gasteiger partial charge in [-0.1, -0.05) is 28.2 Å². The van der Waals surface area contributed by atoms with E-state index in [0.717, 1.165) is 5.56 Å². The fourth-order valence-electron chi connectivity index (χ4n) is 2.08. The SMILES string of the molecule is CON(C)S(=O)(=O)c1ccc(Cl)c(C(=O)Nc2ccc(CC#N)cc2)c1. The summed E-state index contributed by atoms with van der Waals surface area (Å²) in [6.45, 7) is 0. The molecular weight excluding hydrogens is 378 g/mol. The molecule has 1 N–H and O–H groups in total. The number of anilines is 1. The van der Waals surface area contributed by atoms with E-state index in [0.29, 0.717) is 10.2 Å². The molecule has 0 atom stereocenters. The van der Waals surface area contributed by atoms with E-state index >= 15 is 0 Å². The number of halogens is 1. The number of nitrogens with zero attached hydrogens (tertiary/aromatic N) is 2. The van der Waals surface area contributed by atoms with Crippen LogP contribution in [0.5, 0.6) is 0 Å². The summed E-state index contributed by atoms with van der Waals surface area (Å²) < 4.78 is 25.3. The predicted octanol–water partition coefficient (Wildman–Crippen LogP) is 2.84. The number of rotatable bonds is 6. The van der Waals surface area contributed by atoms with Gasteiger partial charge in [-0.3, -0.25) is 9.63 Å². The van der Waals surface area contributed by atoms with E-state index < -0.39 is 15.9 Å². The van der Waals surface area contributed by atoms with Gasteiger partial charge in [0.15, 0.2) is 0 Å². The van der Waals surface area contributed by atoms with E-state index in [4.69, 9.17) is 21.7 Å². The van der Waals surface area contributed by atoms with Crippen LogP contribution in [0.3, 0.4) is 0 Å². The second kappa shape index (κ2) is 8.29. The van der Waals surface area contributed by atoms with Gasteiger partial charge >= 0.3 is 0 Å². The maximum absolute atomic E-state index is 12.5. The first kappa shape index (κ1) is 19.9. The number of benzene rings is 2. The molecule has 2 aromatic carbocycles. The summed E-state index contributed by atoms with van der Waals surface area (Å²) in [4.78, 5) is 17.1. The van der Waals surface area contributed by atoms with Crippen molar-refractivity contribution in [1.29, 1.82) is 5.26 Å². The topological polar surface area (TPSA) is 99.5 Å². The molecule has 0 unspecified atom stereocenters. The third-order valence-electron chi connectivity index (χ3n) is 3.57. The van der Waals surface area contributed by atoms with Crippen LogP contribution in [0, 0.1) is 11.3 Å². The van der Waals surface area contributed by atoms with E-state index in [1.807, 2.05) is 6.07 Å². The average Bonchev–Trinajstić information content (AvgIpc) is 2.62. The molecule has 2 aromatic rings. The predicted molar refractivity (Wildman–Crippen MR) is 97.1 cm³/mol. The van der Waals surface area contributed by atoms with E-state index in [1.165, 1.54) is 32.4 Å². The van der Waals surface area contributed by atoms with Crippen LogP contribution in [0.1, 0.15) is 15.9 Å². The van der Waals surface area contributed by atoms with Crippen molar-refractivity contribution >= 4 is 33.2 Å². The summed E-state index contributed by atoms with van der Waals surface area (Å²) in [7, 11) is -1.44. The van der Waals surface area contributed by atoms with Gasteiger partial charge in [-0.25, -0.2) is 8.42 Å². The third kappa shape index (κ3) is 4.39. The Hall–Kier alpha value is -2.44. The number of nitrogens with one attached hydrogen (secondary N) is 1. The Kier molecular flexibility index (Phi) is 6.34. The minimum atomic E-state index is -3.90. The van der Waals surface area contributed by atoms with Gasteiger partial charge in [0.05, 0.1) is 35.1 Å². The first-order chi connectivity index (χ1) is 12.3. The minimum Gasteiger partial charge on any atom is -0.322 e. The highest BCUT2D eigenvalue weighted by Gasteiger charge is 2.23. The Balaban J connectivity index is 2.29. The molecule has 0 saturated heterocycles. The molecule has 0 aromatic heterocycles. The van der Waals surface area contributed by atoms with E-state index in [2.05, 4.69) is 5.32 Å². The Morgan fingerprint density at radius 1 is 1.27 bits per heavy atom. The molecule has 0 aliphatic carbocycles. The smallest absolute Gasteiger partial charge is 0.264 e. The zero-order chi connectivity index (χ0) is 19.3. The van der Waals surface area contributed by atoms with E-state index in [-0.39, 0.29) is 21.9 Å². The molecule has 0 aliphatic rings. The number of sulfonamides is 1. The van der Waals surface area contributed by atoms with Gasteiger partial charge in [-0.15, -0.1) is 0 Å². The van der Waals surface area contributed by atoms with E-state index in [9.17, 15) is 13.2 Å². The number of hydroxylamine groups is 1. The number of nitriles is 1. The fourth-order valence-corrected chi connectivity index (χ4v) is 3.28. The molecule has 136 valence electrons. The molecule has 26 heavy (non-hydrogen) atoms. The molecule has 9 heteroatoms. The quantitative estimate of drug-likeness (QED) is 0.760. The average molecular weight is 394 g/mol. The second-order valence-corrected chi connectivity index (χ2v) is 7.57. The van der Waals surface area contributed by atoms with Crippen LogP contribution in [-0.2, 0) is 21.3 Å². The molecule has 0 bridgehead atoms. The Bertz CT molecular complexity index is 953. The fraction of sp³-hybridized carbons (Fsp3) is 0.176. The Morgan fingerprint density at radius 2 is 1.92 bits per heavy atom. The molecule has 7 nitrogen and oxygen atoms in total. The molecular formula is C17H16ClN3O4S. The van der Waals surface area contributed by atoms with Crippen molar-refractivity contribution in [3.63, 3.8) is 0 Å². The lowest BCUT2D eigenvalue weighted by Crippen LogP contribution is -2.26. The van der Waals surface area contributed by atoms with Crippen LogP contribution in [0.2, 0.25) is 5.02 Å². The molecule has 0 radical (unpaired) electrons. The van der Waals surface area contributed by atoms with Crippen molar-refractivity contribution in [2.75, 3.05) is 19.5 Å². The Morgan fingerprint density at radius 3 is 2.50 bits per heavy atom. The van der Waals surface area contributed by atoms with Crippen molar-refractivity contribution in [3.8, 4) is 6.07 Å². The van der Waals surface area contributed by atoms with Gasteiger partial charge in [0.1, 0.15) is 0 Å². The van der Waals surface area contributed by atoms with Crippen molar-refractivity contribution in [1.82, 2.24) is 4.47 Å². The normalized spacial score (nSPS) is 11.2. The number of carbonyl (C=O) groups is 1. The lowest BCUT2D eigenvalue weighted by atomic mass is 10.1. The van der Waals surface area contributed by atoms with Crippen molar-refractivity contribution in [2.45, 2.75) is 11.3 Å². The molecule has 0 saturated carbocycles. The summed E-state index contributed by atoms with van der Waals surface area (Å²) in [6.07, 6.45) is 0.271. The summed E-state index contributed by atoms with van der Waals surface area (Å²) >= 11 is 6.05. The molecule has 0 heterocycles. The first-order valence-electron chi connectivity index (χ1n) is 7.39. The zero-order valence-corrected chi connectivity index (χ0v) is 15.6. The van der Waals surface area contributed by atoms with Crippen LogP contribution in [-0.4, -0.2) is 33.0 Å². The van der Waals surface area contributed by atoms with Gasteiger partial charge < -0.3 is 5.32 Å². The lowest BCUT2D eigenvalue weighted by Gasteiger charge is -2.15. The molecule has 0 spiro atoms. The van der Waals surface area contributed by atoms with Gasteiger partial charge in [-0.2, -0.15) is 5.26 Å². The number of amides is 1. The number of hydrogen-bond acceptors (Lipinski definition) is 5. The summed E-state index contributed by atoms with van der Waals surface area (Å²) in [6, 6.07) is 12.6. The zero-order valence-electron chi connectivity index (χ0n) is 14.1. The van der Waals surface area contributed by atoms with Crippen LogP contribution >= 0.6 is 11.6 Å². The van der Waals surface area contributed by atoms with Crippen molar-refractivity contribution in [3.05, 3.63) is 58.6 Å². The van der Waals surface area contributed by atoms with Crippen LogP contribution in [0.4, 0.5) is 5.69 Å². The standard InChI is InChI=1S/C17H16ClN3O4S/c1-21(25-2)26(23,24)14-7-8-16(18)15(11-14)17(22)20-13-5-3-12(4-6-13)9-10-19/h3-8,11H,9H2,1-2H3,(H,20,22).